The van der Waals surface area contributed by atoms with Crippen LogP contribution in [-0.4, -0.2) is 59.8 Å². The average molecular weight is 330 g/mol. The Labute approximate surface area is 143 Å². The monoisotopic (exact) mass is 330 g/mol. The topological polar surface area (TPSA) is 70.3 Å². The zero-order valence-corrected chi connectivity index (χ0v) is 14.7. The van der Waals surface area contributed by atoms with E-state index in [1.165, 1.54) is 0 Å². The number of nitrogens with one attached hydrogen (secondary N) is 1. The van der Waals surface area contributed by atoms with E-state index in [9.17, 15) is 0 Å². The van der Waals surface area contributed by atoms with Crippen molar-refractivity contribution < 1.29 is 4.52 Å². The lowest BCUT2D eigenvalue weighted by molar-refractivity contribution is 0.190. The molecule has 0 radical (unpaired) electrons. The third kappa shape index (κ3) is 3.57. The number of hydrogen-bond acceptors (Lipinski definition) is 7. The molecular formula is C17H26N6O. The van der Waals surface area contributed by atoms with Gasteiger partial charge in [0.05, 0.1) is 11.6 Å². The van der Waals surface area contributed by atoms with Crippen molar-refractivity contribution in [1.29, 1.82) is 0 Å². The molecule has 3 heterocycles. The zero-order valence-electron chi connectivity index (χ0n) is 14.7. The Morgan fingerprint density at radius 1 is 1.38 bits per heavy atom. The van der Waals surface area contributed by atoms with E-state index in [-0.39, 0.29) is 6.04 Å². The van der Waals surface area contributed by atoms with Crippen molar-refractivity contribution in [3.8, 4) is 11.5 Å². The maximum atomic E-state index is 5.46. The summed E-state index contributed by atoms with van der Waals surface area (Å²) >= 11 is 0. The van der Waals surface area contributed by atoms with E-state index >= 15 is 0 Å². The highest BCUT2D eigenvalue weighted by atomic mass is 16.5. The fourth-order valence-corrected chi connectivity index (χ4v) is 2.99. The maximum absolute atomic E-state index is 5.46. The quantitative estimate of drug-likeness (QED) is 0.868. The molecule has 24 heavy (non-hydrogen) atoms. The van der Waals surface area contributed by atoms with Gasteiger partial charge in [0.25, 0.3) is 5.89 Å². The van der Waals surface area contributed by atoms with Crippen LogP contribution in [0.3, 0.4) is 0 Å². The fraction of sp³-hybridized carbons (Fsp3) is 0.588. The molecule has 1 aliphatic rings. The number of aromatic nitrogens is 3. The molecule has 1 aliphatic heterocycles. The summed E-state index contributed by atoms with van der Waals surface area (Å²) in [6.07, 6.45) is 2.92. The highest BCUT2D eigenvalue weighted by Crippen LogP contribution is 2.23. The van der Waals surface area contributed by atoms with Gasteiger partial charge >= 0.3 is 0 Å². The van der Waals surface area contributed by atoms with Crippen LogP contribution in [0.2, 0.25) is 0 Å². The molecule has 2 aromatic heterocycles. The van der Waals surface area contributed by atoms with Crippen LogP contribution in [0, 0.1) is 0 Å². The molecule has 0 amide bonds. The first-order chi connectivity index (χ1) is 11.7. The van der Waals surface area contributed by atoms with Crippen molar-refractivity contribution in [1.82, 2.24) is 25.3 Å². The lowest BCUT2D eigenvalue weighted by Crippen LogP contribution is -2.44. The van der Waals surface area contributed by atoms with Crippen LogP contribution in [0.25, 0.3) is 11.5 Å². The Kier molecular flexibility index (Phi) is 5.42. The van der Waals surface area contributed by atoms with Gasteiger partial charge in [-0.3, -0.25) is 4.90 Å². The summed E-state index contributed by atoms with van der Waals surface area (Å²) in [5.41, 5.74) is 0.858. The van der Waals surface area contributed by atoms with Gasteiger partial charge in [0.15, 0.2) is 5.82 Å². The molecule has 2 aromatic rings. The first-order valence-electron chi connectivity index (χ1n) is 8.68. The van der Waals surface area contributed by atoms with E-state index in [2.05, 4.69) is 51.1 Å². The fourth-order valence-electron chi connectivity index (χ4n) is 2.99. The predicted octanol–water partition coefficient (Wildman–Crippen LogP) is 1.94. The van der Waals surface area contributed by atoms with Crippen LogP contribution in [0.15, 0.2) is 22.9 Å². The van der Waals surface area contributed by atoms with Crippen molar-refractivity contribution in [3.63, 3.8) is 0 Å². The Bertz CT molecular complexity index is 641. The summed E-state index contributed by atoms with van der Waals surface area (Å²) < 4.78 is 5.46. The van der Waals surface area contributed by atoms with Gasteiger partial charge in [-0.2, -0.15) is 4.98 Å². The van der Waals surface area contributed by atoms with Crippen LogP contribution in [-0.2, 0) is 0 Å². The first-order valence-corrected chi connectivity index (χ1v) is 8.68. The van der Waals surface area contributed by atoms with E-state index < -0.39 is 0 Å². The van der Waals surface area contributed by atoms with E-state index in [4.69, 9.17) is 4.52 Å². The van der Waals surface area contributed by atoms with E-state index in [0.717, 1.165) is 56.4 Å². The Morgan fingerprint density at radius 3 is 2.92 bits per heavy atom. The van der Waals surface area contributed by atoms with Gasteiger partial charge in [-0.15, -0.1) is 0 Å². The minimum Gasteiger partial charge on any atom is -0.357 e. The number of rotatable bonds is 6. The van der Waals surface area contributed by atoms with E-state index in [1.54, 1.807) is 0 Å². The lowest BCUT2D eigenvalue weighted by atomic mass is 10.2. The molecule has 0 aliphatic carbocycles. The molecule has 3 rings (SSSR count). The zero-order chi connectivity index (χ0) is 16.9. The molecule has 7 nitrogen and oxygen atoms in total. The number of pyridine rings is 1. The van der Waals surface area contributed by atoms with Gasteiger partial charge in [0.1, 0.15) is 5.82 Å². The molecule has 1 saturated heterocycles. The molecule has 0 bridgehead atoms. The molecular weight excluding hydrogens is 304 g/mol. The predicted molar refractivity (Wildman–Crippen MR) is 93.9 cm³/mol. The summed E-state index contributed by atoms with van der Waals surface area (Å²) in [4.78, 5) is 13.6. The third-order valence-electron chi connectivity index (χ3n) is 4.44. The van der Waals surface area contributed by atoms with E-state index in [0.29, 0.717) is 5.89 Å². The normalized spacial score (nSPS) is 18.7. The van der Waals surface area contributed by atoms with Crippen molar-refractivity contribution in [2.24, 2.45) is 0 Å². The average Bonchev–Trinajstić information content (AvgIpc) is 3.10. The Balaban J connectivity index is 1.75. The molecule has 1 fully saturated rings. The molecule has 0 aromatic carbocycles. The van der Waals surface area contributed by atoms with Crippen LogP contribution >= 0.6 is 0 Å². The Hall–Kier alpha value is -1.99. The molecule has 0 saturated carbocycles. The minimum absolute atomic E-state index is 0.156. The van der Waals surface area contributed by atoms with Crippen molar-refractivity contribution in [2.45, 2.75) is 26.3 Å². The molecule has 130 valence electrons. The van der Waals surface area contributed by atoms with Crippen LogP contribution in [0.1, 0.15) is 32.1 Å². The SMILES string of the molecule is CCCN(CC)c1ccc(-c2nc(C3CNCCN3C)no2)cn1. The second kappa shape index (κ2) is 7.72. The number of nitrogens with zero attached hydrogens (tertiary/aromatic N) is 5. The van der Waals surface area contributed by atoms with Gasteiger partial charge in [0.2, 0.25) is 0 Å². The van der Waals surface area contributed by atoms with Crippen molar-refractivity contribution in [2.75, 3.05) is 44.7 Å². The maximum Gasteiger partial charge on any atom is 0.259 e. The summed E-state index contributed by atoms with van der Waals surface area (Å²) in [6, 6.07) is 4.18. The number of piperazine rings is 1. The van der Waals surface area contributed by atoms with Crippen LogP contribution in [0.5, 0.6) is 0 Å². The van der Waals surface area contributed by atoms with Gasteiger partial charge in [0, 0.05) is 38.9 Å². The number of likely N-dealkylation sites (N-methyl/N-ethyl adjacent to an activating group) is 1. The molecule has 1 N–H and O–H groups in total. The minimum atomic E-state index is 0.156. The summed E-state index contributed by atoms with van der Waals surface area (Å²) in [5, 5.41) is 7.53. The van der Waals surface area contributed by atoms with E-state index in [1.807, 2.05) is 18.3 Å². The van der Waals surface area contributed by atoms with Gasteiger partial charge < -0.3 is 14.7 Å². The summed E-state index contributed by atoms with van der Waals surface area (Å²) in [6.45, 7) is 9.10. The summed E-state index contributed by atoms with van der Waals surface area (Å²) in [5.74, 6) is 2.24. The van der Waals surface area contributed by atoms with Crippen LogP contribution < -0.4 is 10.2 Å². The highest BCUT2D eigenvalue weighted by molar-refractivity contribution is 5.54. The second-order valence-corrected chi connectivity index (χ2v) is 6.14. The second-order valence-electron chi connectivity index (χ2n) is 6.14. The first kappa shape index (κ1) is 16.9. The van der Waals surface area contributed by atoms with Crippen molar-refractivity contribution >= 4 is 5.82 Å². The standard InChI is InChI=1S/C17H26N6O/c1-4-9-23(5-2)15-7-6-13(11-19-15)17-20-16(21-24-17)14-12-18-8-10-22(14)3/h6-7,11,14,18H,4-5,8-10,12H2,1-3H3. The van der Waals surface area contributed by atoms with Crippen LogP contribution in [0.4, 0.5) is 5.82 Å². The molecule has 0 spiro atoms. The molecule has 1 atom stereocenters. The van der Waals surface area contributed by atoms with Crippen molar-refractivity contribution in [3.05, 3.63) is 24.2 Å². The van der Waals surface area contributed by atoms with Gasteiger partial charge in [-0.25, -0.2) is 4.98 Å². The number of hydrogen-bond donors (Lipinski definition) is 1. The summed E-state index contributed by atoms with van der Waals surface area (Å²) in [7, 11) is 2.09. The van der Waals surface area contributed by atoms with Gasteiger partial charge in [-0.05, 0) is 32.5 Å². The van der Waals surface area contributed by atoms with Gasteiger partial charge in [-0.1, -0.05) is 12.1 Å². The lowest BCUT2D eigenvalue weighted by Gasteiger charge is -2.30. The molecule has 1 unspecified atom stereocenters. The Morgan fingerprint density at radius 2 is 2.25 bits per heavy atom. The number of anilines is 1. The largest absolute Gasteiger partial charge is 0.357 e. The smallest absolute Gasteiger partial charge is 0.259 e. The third-order valence-corrected chi connectivity index (χ3v) is 4.44. The molecule has 7 heteroatoms. The highest BCUT2D eigenvalue weighted by Gasteiger charge is 2.25.